The lowest BCUT2D eigenvalue weighted by Crippen LogP contribution is -2.42. The largest absolute Gasteiger partial charge is 0.344 e. The van der Waals surface area contributed by atoms with Gasteiger partial charge in [0.2, 0.25) is 11.8 Å². The summed E-state index contributed by atoms with van der Waals surface area (Å²) in [5.74, 6) is -0.129. The molecule has 25 heavy (non-hydrogen) atoms. The zero-order valence-electron chi connectivity index (χ0n) is 15.0. The molecule has 130 valence electrons. The number of benzene rings is 2. The van der Waals surface area contributed by atoms with Gasteiger partial charge in [-0.2, -0.15) is 0 Å². The van der Waals surface area contributed by atoms with E-state index in [-0.39, 0.29) is 11.8 Å². The summed E-state index contributed by atoms with van der Waals surface area (Å²) in [7, 11) is 0. The van der Waals surface area contributed by atoms with Crippen LogP contribution in [0.4, 0.5) is 5.69 Å². The Morgan fingerprint density at radius 2 is 1.84 bits per heavy atom. The molecule has 0 spiro atoms. The molecule has 2 aromatic rings. The molecule has 4 heteroatoms. The molecule has 2 aromatic carbocycles. The number of hydrogen-bond donors (Lipinski definition) is 1. The minimum atomic E-state index is -0.432. The number of aryl methyl sites for hydroxylation is 3. The van der Waals surface area contributed by atoms with Gasteiger partial charge in [-0.3, -0.25) is 9.59 Å². The third-order valence-corrected chi connectivity index (χ3v) is 4.96. The van der Waals surface area contributed by atoms with Crippen LogP contribution in [0.15, 0.2) is 42.5 Å². The van der Waals surface area contributed by atoms with Crippen molar-refractivity contribution in [2.75, 3.05) is 11.4 Å². The number of rotatable bonds is 4. The fourth-order valence-corrected chi connectivity index (χ4v) is 3.19. The zero-order valence-corrected chi connectivity index (χ0v) is 15.0. The summed E-state index contributed by atoms with van der Waals surface area (Å²) in [4.78, 5) is 26.8. The van der Waals surface area contributed by atoms with Gasteiger partial charge in [-0.1, -0.05) is 30.3 Å². The molecule has 1 N–H and O–H groups in total. The highest BCUT2D eigenvalue weighted by Crippen LogP contribution is 2.24. The Hall–Kier alpha value is -2.62. The van der Waals surface area contributed by atoms with Gasteiger partial charge in [0, 0.05) is 12.2 Å². The second-order valence-corrected chi connectivity index (χ2v) is 6.77. The van der Waals surface area contributed by atoms with E-state index in [4.69, 9.17) is 0 Å². The molecule has 1 saturated heterocycles. The summed E-state index contributed by atoms with van der Waals surface area (Å²) >= 11 is 0. The van der Waals surface area contributed by atoms with Crippen LogP contribution in [0.25, 0.3) is 0 Å². The SMILES string of the molecule is Cc1ccc(N2CC[C@H](NC(=O)Cc3ccccc3C)C2=O)cc1C. The van der Waals surface area contributed by atoms with Crippen LogP contribution in [0.5, 0.6) is 0 Å². The maximum absolute atomic E-state index is 12.7. The van der Waals surface area contributed by atoms with Crippen LogP contribution in [-0.2, 0) is 16.0 Å². The highest BCUT2D eigenvalue weighted by atomic mass is 16.2. The molecular weight excluding hydrogens is 312 g/mol. The van der Waals surface area contributed by atoms with Crippen molar-refractivity contribution in [1.29, 1.82) is 0 Å². The van der Waals surface area contributed by atoms with E-state index in [2.05, 4.69) is 12.2 Å². The van der Waals surface area contributed by atoms with Crippen molar-refractivity contribution < 1.29 is 9.59 Å². The average Bonchev–Trinajstić information content (AvgIpc) is 2.93. The van der Waals surface area contributed by atoms with Crippen molar-refractivity contribution in [1.82, 2.24) is 5.32 Å². The summed E-state index contributed by atoms with van der Waals surface area (Å²) in [5.41, 5.74) is 5.36. The second kappa shape index (κ2) is 7.09. The van der Waals surface area contributed by atoms with E-state index >= 15 is 0 Å². The Bertz CT molecular complexity index is 813. The molecule has 0 bridgehead atoms. The maximum atomic E-state index is 12.7. The molecular formula is C21H24N2O2. The average molecular weight is 336 g/mol. The van der Waals surface area contributed by atoms with E-state index in [0.717, 1.165) is 22.4 Å². The lowest BCUT2D eigenvalue weighted by molar-refractivity contribution is -0.126. The molecule has 1 heterocycles. The van der Waals surface area contributed by atoms with Crippen molar-refractivity contribution in [3.63, 3.8) is 0 Å². The first kappa shape index (κ1) is 17.2. The minimum absolute atomic E-state index is 0.0265. The summed E-state index contributed by atoms with van der Waals surface area (Å²) in [6, 6.07) is 13.4. The molecule has 1 fully saturated rings. The van der Waals surface area contributed by atoms with Crippen LogP contribution in [0.1, 0.15) is 28.7 Å². The monoisotopic (exact) mass is 336 g/mol. The van der Waals surface area contributed by atoms with E-state index in [1.807, 2.05) is 56.3 Å². The van der Waals surface area contributed by atoms with Gasteiger partial charge < -0.3 is 10.2 Å². The number of anilines is 1. The standard InChI is InChI=1S/C21H24N2O2/c1-14-8-9-18(12-16(14)3)23-11-10-19(21(23)25)22-20(24)13-17-7-5-4-6-15(17)2/h4-9,12,19H,10-11,13H2,1-3H3,(H,22,24)/t19-/m0/s1. The van der Waals surface area contributed by atoms with E-state index in [1.54, 1.807) is 4.90 Å². The predicted octanol–water partition coefficient (Wildman–Crippen LogP) is 3.08. The number of nitrogens with one attached hydrogen (secondary N) is 1. The summed E-state index contributed by atoms with van der Waals surface area (Å²) in [5, 5.41) is 2.90. The summed E-state index contributed by atoms with van der Waals surface area (Å²) in [6.07, 6.45) is 0.950. The summed E-state index contributed by atoms with van der Waals surface area (Å²) < 4.78 is 0. The van der Waals surface area contributed by atoms with Gasteiger partial charge in [0.1, 0.15) is 6.04 Å². The quantitative estimate of drug-likeness (QED) is 0.933. The number of amides is 2. The Labute approximate surface area is 148 Å². The zero-order chi connectivity index (χ0) is 18.0. The van der Waals surface area contributed by atoms with Gasteiger partial charge in [0.05, 0.1) is 6.42 Å². The van der Waals surface area contributed by atoms with Crippen LogP contribution in [0.3, 0.4) is 0 Å². The number of nitrogens with zero attached hydrogens (tertiary/aromatic N) is 1. The Kier molecular flexibility index (Phi) is 4.88. The molecule has 0 aromatic heterocycles. The van der Waals surface area contributed by atoms with Crippen LogP contribution in [0.2, 0.25) is 0 Å². The number of carbonyl (C=O) groups excluding carboxylic acids is 2. The Balaban J connectivity index is 1.65. The van der Waals surface area contributed by atoms with Crippen LogP contribution in [0, 0.1) is 20.8 Å². The number of carbonyl (C=O) groups is 2. The van der Waals surface area contributed by atoms with Gasteiger partial charge in [-0.05, 0) is 61.6 Å². The molecule has 4 nitrogen and oxygen atoms in total. The molecule has 1 atom stereocenters. The minimum Gasteiger partial charge on any atom is -0.344 e. The molecule has 0 radical (unpaired) electrons. The first-order valence-electron chi connectivity index (χ1n) is 8.68. The van der Waals surface area contributed by atoms with Gasteiger partial charge in [0.25, 0.3) is 0 Å². The van der Waals surface area contributed by atoms with Crippen LogP contribution in [-0.4, -0.2) is 24.4 Å². The molecule has 2 amide bonds. The normalized spacial score (nSPS) is 17.0. The maximum Gasteiger partial charge on any atom is 0.249 e. The first-order chi connectivity index (χ1) is 12.0. The second-order valence-electron chi connectivity index (χ2n) is 6.77. The molecule has 0 unspecified atom stereocenters. The van der Waals surface area contributed by atoms with E-state index in [9.17, 15) is 9.59 Å². The fourth-order valence-electron chi connectivity index (χ4n) is 3.19. The van der Waals surface area contributed by atoms with E-state index in [0.29, 0.717) is 19.4 Å². The van der Waals surface area contributed by atoms with Gasteiger partial charge in [-0.25, -0.2) is 0 Å². The highest BCUT2D eigenvalue weighted by molar-refractivity contribution is 6.01. The van der Waals surface area contributed by atoms with Gasteiger partial charge >= 0.3 is 0 Å². The molecule has 0 aliphatic carbocycles. The van der Waals surface area contributed by atoms with Gasteiger partial charge in [0.15, 0.2) is 0 Å². The third kappa shape index (κ3) is 3.73. The van der Waals surface area contributed by atoms with Crippen molar-refractivity contribution in [3.05, 3.63) is 64.7 Å². The van der Waals surface area contributed by atoms with E-state index in [1.165, 1.54) is 5.56 Å². The van der Waals surface area contributed by atoms with Crippen molar-refractivity contribution in [3.8, 4) is 0 Å². The fraction of sp³-hybridized carbons (Fsp3) is 0.333. The first-order valence-corrected chi connectivity index (χ1v) is 8.68. The van der Waals surface area contributed by atoms with Crippen molar-refractivity contribution in [2.45, 2.75) is 39.7 Å². The topological polar surface area (TPSA) is 49.4 Å². The van der Waals surface area contributed by atoms with Crippen molar-refractivity contribution in [2.24, 2.45) is 0 Å². The van der Waals surface area contributed by atoms with Gasteiger partial charge in [-0.15, -0.1) is 0 Å². The smallest absolute Gasteiger partial charge is 0.249 e. The molecule has 1 aliphatic heterocycles. The predicted molar refractivity (Wildman–Crippen MR) is 99.7 cm³/mol. The van der Waals surface area contributed by atoms with Crippen LogP contribution < -0.4 is 10.2 Å². The van der Waals surface area contributed by atoms with Crippen LogP contribution >= 0.6 is 0 Å². The van der Waals surface area contributed by atoms with E-state index < -0.39 is 6.04 Å². The molecule has 3 rings (SSSR count). The molecule has 1 aliphatic rings. The third-order valence-electron chi connectivity index (χ3n) is 4.96. The molecule has 0 saturated carbocycles. The Morgan fingerprint density at radius 3 is 2.56 bits per heavy atom. The Morgan fingerprint density at radius 1 is 1.08 bits per heavy atom. The lowest BCUT2D eigenvalue weighted by Gasteiger charge is -2.18. The highest BCUT2D eigenvalue weighted by Gasteiger charge is 2.33. The number of hydrogen-bond acceptors (Lipinski definition) is 2. The summed E-state index contributed by atoms with van der Waals surface area (Å²) in [6.45, 7) is 6.72. The lowest BCUT2D eigenvalue weighted by atomic mass is 10.1. The van der Waals surface area contributed by atoms with Crippen molar-refractivity contribution >= 4 is 17.5 Å².